The van der Waals surface area contributed by atoms with Gasteiger partial charge in [-0.25, -0.2) is 9.18 Å². The second-order valence-electron chi connectivity index (χ2n) is 16.7. The van der Waals surface area contributed by atoms with Crippen molar-refractivity contribution in [3.05, 3.63) is 54.3 Å². The lowest BCUT2D eigenvalue weighted by Gasteiger charge is -2.42. The van der Waals surface area contributed by atoms with Crippen molar-refractivity contribution in [3.8, 4) is 22.9 Å². The number of piperazine rings is 1. The third kappa shape index (κ3) is 7.89. The fourth-order valence-electron chi connectivity index (χ4n) is 9.33. The van der Waals surface area contributed by atoms with Crippen molar-refractivity contribution in [3.63, 3.8) is 0 Å². The number of carbonyl (C=O) groups excluding carboxylic acids is 1. The summed E-state index contributed by atoms with van der Waals surface area (Å²) in [5.41, 5.74) is 0.548. The molecule has 4 aliphatic rings. The maximum Gasteiger partial charge on any atom is 0.407 e. The first-order valence-electron chi connectivity index (χ1n) is 19.8. The molecule has 4 aliphatic heterocycles. The molecule has 8 rings (SSSR count). The Bertz CT molecular complexity index is 2020. The van der Waals surface area contributed by atoms with Crippen LogP contribution in [0.4, 0.5) is 15.0 Å². The van der Waals surface area contributed by atoms with Crippen LogP contribution in [0.5, 0.6) is 11.8 Å². The van der Waals surface area contributed by atoms with Gasteiger partial charge in [0.2, 0.25) is 0 Å². The zero-order chi connectivity index (χ0) is 38.3. The van der Waals surface area contributed by atoms with Gasteiger partial charge in [-0.2, -0.15) is 9.97 Å². The number of halogens is 1. The standard InChI is InChI=1S/C42H53FN6O6/c1-41(2,3)55-40(52)44-16-19-53-25-31(51)24-49-28-10-11-29(49)23-47(22-28)38-34-13-12-33(35-21-30(50)20-27-8-4-5-9-32(27)35)36(43)37(34)45-39(46-38)54-26-42-14-6-17-48(42)18-7-15-42/h4-5,8-9,12-13,20-21,28-29,31,50-51H,6-7,10-11,14-19,22-26H2,1-3H3,(H,44,52)/t28-,29+,31?. The van der Waals surface area contributed by atoms with Crippen molar-refractivity contribution in [2.75, 3.05) is 64.0 Å². The number of aromatic hydroxyl groups is 1. The summed E-state index contributed by atoms with van der Waals surface area (Å²) in [5.74, 6) is 0.239. The lowest BCUT2D eigenvalue weighted by atomic mass is 9.95. The lowest BCUT2D eigenvalue weighted by Crippen LogP contribution is -2.56. The lowest BCUT2D eigenvalue weighted by molar-refractivity contribution is 0.00420. The minimum absolute atomic E-state index is 0.0246. The molecule has 0 radical (unpaired) electrons. The molecule has 0 saturated carbocycles. The first-order valence-corrected chi connectivity index (χ1v) is 19.8. The highest BCUT2D eigenvalue weighted by Gasteiger charge is 2.45. The number of carbonyl (C=O) groups is 1. The monoisotopic (exact) mass is 756 g/mol. The van der Waals surface area contributed by atoms with Crippen molar-refractivity contribution >= 4 is 33.6 Å². The number of anilines is 1. The van der Waals surface area contributed by atoms with Gasteiger partial charge in [-0.05, 0) is 107 Å². The van der Waals surface area contributed by atoms with Crippen LogP contribution in [0, 0.1) is 5.82 Å². The van der Waals surface area contributed by atoms with E-state index < -0.39 is 23.6 Å². The Morgan fingerprint density at radius 3 is 2.51 bits per heavy atom. The largest absolute Gasteiger partial charge is 0.508 e. The average molecular weight is 757 g/mol. The summed E-state index contributed by atoms with van der Waals surface area (Å²) in [6.45, 7) is 10.5. The summed E-state index contributed by atoms with van der Waals surface area (Å²) in [5, 5.41) is 26.5. The van der Waals surface area contributed by atoms with E-state index in [1.807, 2.05) is 51.1 Å². The highest BCUT2D eigenvalue weighted by molar-refractivity contribution is 6.01. The molecule has 0 aliphatic carbocycles. The van der Waals surface area contributed by atoms with Crippen LogP contribution in [0.25, 0.3) is 32.8 Å². The van der Waals surface area contributed by atoms with Gasteiger partial charge in [0.15, 0.2) is 5.82 Å². The van der Waals surface area contributed by atoms with Gasteiger partial charge in [0.05, 0.1) is 24.9 Å². The van der Waals surface area contributed by atoms with Gasteiger partial charge in [-0.15, -0.1) is 0 Å². The molecule has 12 nitrogen and oxygen atoms in total. The summed E-state index contributed by atoms with van der Waals surface area (Å²) >= 11 is 0. The van der Waals surface area contributed by atoms with E-state index in [2.05, 4.69) is 20.0 Å². The molecule has 1 aromatic heterocycles. The van der Waals surface area contributed by atoms with E-state index in [9.17, 15) is 15.0 Å². The second kappa shape index (κ2) is 15.3. The number of aromatic nitrogens is 2. The van der Waals surface area contributed by atoms with Crippen LogP contribution in [0.15, 0.2) is 48.5 Å². The number of nitrogens with zero attached hydrogens (tertiary/aromatic N) is 5. The number of phenolic OH excluding ortho intramolecular Hbond substituents is 1. The molecule has 1 amide bonds. The van der Waals surface area contributed by atoms with Gasteiger partial charge in [-0.3, -0.25) is 9.80 Å². The van der Waals surface area contributed by atoms with E-state index in [0.717, 1.165) is 62.4 Å². The Labute approximate surface area is 321 Å². The van der Waals surface area contributed by atoms with Crippen LogP contribution in [0.2, 0.25) is 0 Å². The van der Waals surface area contributed by atoms with E-state index in [0.29, 0.717) is 48.6 Å². The highest BCUT2D eigenvalue weighted by atomic mass is 19.1. The molecule has 1 unspecified atom stereocenters. The van der Waals surface area contributed by atoms with Crippen LogP contribution in [-0.4, -0.2) is 124 Å². The molecule has 4 fully saturated rings. The summed E-state index contributed by atoms with van der Waals surface area (Å²) in [6, 6.07) is 15.1. The number of rotatable bonds is 12. The van der Waals surface area contributed by atoms with Gasteiger partial charge < -0.3 is 34.6 Å². The van der Waals surface area contributed by atoms with E-state index in [1.54, 1.807) is 18.2 Å². The molecule has 3 aromatic carbocycles. The molecular formula is C42H53FN6O6. The molecule has 4 aromatic rings. The van der Waals surface area contributed by atoms with Gasteiger partial charge >= 0.3 is 12.1 Å². The van der Waals surface area contributed by atoms with Crippen LogP contribution in [-0.2, 0) is 9.47 Å². The Hall–Kier alpha value is -4.30. The van der Waals surface area contributed by atoms with Crippen molar-refractivity contribution in [2.24, 2.45) is 0 Å². The Balaban J connectivity index is 1.02. The zero-order valence-corrected chi connectivity index (χ0v) is 32.1. The number of nitrogens with one attached hydrogen (secondary N) is 1. The third-order valence-corrected chi connectivity index (χ3v) is 11.8. The van der Waals surface area contributed by atoms with Crippen molar-refractivity contribution < 1.29 is 33.6 Å². The minimum atomic E-state index is -0.692. The summed E-state index contributed by atoms with van der Waals surface area (Å²) in [6.07, 6.45) is 5.18. The molecule has 3 atom stereocenters. The van der Waals surface area contributed by atoms with Gasteiger partial charge in [-0.1, -0.05) is 30.3 Å². The van der Waals surface area contributed by atoms with Crippen molar-refractivity contribution in [1.82, 2.24) is 25.1 Å². The maximum absolute atomic E-state index is 17.0. The Morgan fingerprint density at radius 1 is 1.02 bits per heavy atom. The Kier molecular flexibility index (Phi) is 10.5. The summed E-state index contributed by atoms with van der Waals surface area (Å²) < 4.78 is 34.4. The Morgan fingerprint density at radius 2 is 1.76 bits per heavy atom. The number of ether oxygens (including phenoxy) is 3. The normalized spacial score (nSPS) is 21.7. The molecular weight excluding hydrogens is 703 g/mol. The van der Waals surface area contributed by atoms with E-state index in [-0.39, 0.29) is 54.7 Å². The maximum atomic E-state index is 17.0. The van der Waals surface area contributed by atoms with Crippen LogP contribution >= 0.6 is 0 Å². The van der Waals surface area contributed by atoms with Gasteiger partial charge in [0, 0.05) is 49.2 Å². The number of aliphatic hydroxyl groups excluding tert-OH is 1. The van der Waals surface area contributed by atoms with Crippen LogP contribution in [0.3, 0.4) is 0 Å². The fourth-order valence-corrected chi connectivity index (χ4v) is 9.33. The molecule has 0 spiro atoms. The number of aliphatic hydroxyl groups is 1. The number of phenols is 1. The van der Waals surface area contributed by atoms with Gasteiger partial charge in [0.1, 0.15) is 29.3 Å². The number of alkyl carbamates (subject to hydrolysis) is 1. The molecule has 3 N–H and O–H groups in total. The molecule has 294 valence electrons. The summed E-state index contributed by atoms with van der Waals surface area (Å²) in [4.78, 5) is 28.8. The first kappa shape index (κ1) is 37.6. The first-order chi connectivity index (χ1) is 26.5. The number of fused-ring (bicyclic) bond motifs is 5. The van der Waals surface area contributed by atoms with Crippen LogP contribution < -0.4 is 15.0 Å². The summed E-state index contributed by atoms with van der Waals surface area (Å²) in [7, 11) is 0. The van der Waals surface area contributed by atoms with Gasteiger partial charge in [0.25, 0.3) is 0 Å². The third-order valence-electron chi connectivity index (χ3n) is 11.8. The van der Waals surface area contributed by atoms with Crippen LogP contribution in [0.1, 0.15) is 59.3 Å². The smallest absolute Gasteiger partial charge is 0.407 e. The average Bonchev–Trinajstić information content (AvgIpc) is 3.79. The highest BCUT2D eigenvalue weighted by Crippen LogP contribution is 2.42. The predicted molar refractivity (Wildman–Crippen MR) is 209 cm³/mol. The van der Waals surface area contributed by atoms with E-state index in [4.69, 9.17) is 24.2 Å². The second-order valence-corrected chi connectivity index (χ2v) is 16.7. The zero-order valence-electron chi connectivity index (χ0n) is 32.1. The van der Waals surface area contributed by atoms with Crippen molar-refractivity contribution in [1.29, 1.82) is 0 Å². The molecule has 13 heteroatoms. The number of hydrogen-bond donors (Lipinski definition) is 3. The topological polar surface area (TPSA) is 133 Å². The number of hydrogen-bond acceptors (Lipinski definition) is 11. The minimum Gasteiger partial charge on any atom is -0.508 e. The van der Waals surface area contributed by atoms with E-state index in [1.165, 1.54) is 0 Å². The number of benzene rings is 3. The molecule has 2 bridgehead atoms. The predicted octanol–water partition coefficient (Wildman–Crippen LogP) is 5.86. The molecule has 4 saturated heterocycles. The van der Waals surface area contributed by atoms with Crippen molar-refractivity contribution in [2.45, 2.75) is 88.6 Å². The SMILES string of the molecule is CC(C)(C)OC(=O)NCCOCC(O)CN1[C@@H]2CC[C@H]1CN(c1nc(OCC34CCCN3CCC4)nc3c(F)c(-c4cc(O)cc5ccccc45)ccc13)C2. The van der Waals surface area contributed by atoms with E-state index >= 15 is 4.39 Å². The quantitative estimate of drug-likeness (QED) is 0.150. The number of amides is 1. The molecule has 5 heterocycles. The molecule has 55 heavy (non-hydrogen) atoms. The fraction of sp³-hybridized carbons (Fsp3) is 0.548.